The van der Waals surface area contributed by atoms with E-state index in [1.165, 1.54) is 0 Å². The van der Waals surface area contributed by atoms with Crippen LogP contribution in [0.25, 0.3) is 11.1 Å². The molecule has 0 bridgehead atoms. The number of ether oxygens (including phenoxy) is 2. The number of hydrogen-bond acceptors (Lipinski definition) is 5. The molecule has 2 heterocycles. The Bertz CT molecular complexity index is 1170. The molecule has 0 saturated carbocycles. The maximum Gasteiger partial charge on any atom is 0.229 e. The van der Waals surface area contributed by atoms with Crippen molar-refractivity contribution in [2.75, 3.05) is 18.1 Å². The number of thiophene rings is 1. The van der Waals surface area contributed by atoms with Gasteiger partial charge in [-0.05, 0) is 64.3 Å². The first kappa shape index (κ1) is 19.3. The second kappa shape index (κ2) is 7.09. The van der Waals surface area contributed by atoms with Gasteiger partial charge < -0.3 is 9.47 Å². The van der Waals surface area contributed by atoms with Gasteiger partial charge in [-0.25, -0.2) is 8.42 Å². The predicted octanol–water partition coefficient (Wildman–Crippen LogP) is 5.35. The Labute approximate surface area is 176 Å². The molecule has 3 aromatic rings. The minimum Gasteiger partial charge on any atom is -0.496 e. The van der Waals surface area contributed by atoms with Gasteiger partial charge in [0.2, 0.25) is 10.0 Å². The highest BCUT2D eigenvalue weighted by molar-refractivity contribution is 9.11. The molecule has 1 aliphatic rings. The van der Waals surface area contributed by atoms with E-state index in [1.807, 2.05) is 43.3 Å². The Balaban J connectivity index is 1.95. The van der Waals surface area contributed by atoms with Gasteiger partial charge in [-0.2, -0.15) is 0 Å². The number of hydrogen-bond donors (Lipinski definition) is 1. The first-order valence-corrected chi connectivity index (χ1v) is 12.0. The SMILES string of the molecule is COc1c(C)ccc2c1-c1ccc(NS(C)(=O)=O)cc1C(c1ccc(Br)s1)O2. The summed E-state index contributed by atoms with van der Waals surface area (Å²) >= 11 is 5.09. The lowest BCUT2D eigenvalue weighted by Gasteiger charge is -2.30. The molecule has 1 aromatic heterocycles. The Kier molecular flexibility index (Phi) is 4.89. The van der Waals surface area contributed by atoms with E-state index in [9.17, 15) is 8.42 Å². The van der Waals surface area contributed by atoms with Crippen LogP contribution in [0.4, 0.5) is 5.69 Å². The van der Waals surface area contributed by atoms with Gasteiger partial charge in [0.15, 0.2) is 6.10 Å². The third-order valence-electron chi connectivity index (χ3n) is 4.52. The van der Waals surface area contributed by atoms with Crippen molar-refractivity contribution in [1.82, 2.24) is 0 Å². The highest BCUT2D eigenvalue weighted by atomic mass is 79.9. The summed E-state index contributed by atoms with van der Waals surface area (Å²) in [6.45, 7) is 1.99. The first-order chi connectivity index (χ1) is 13.3. The molecule has 4 rings (SSSR count). The van der Waals surface area contributed by atoms with Crippen molar-refractivity contribution in [3.8, 4) is 22.6 Å². The third-order valence-corrected chi connectivity index (χ3v) is 6.80. The van der Waals surface area contributed by atoms with Crippen molar-refractivity contribution in [3.63, 3.8) is 0 Å². The van der Waals surface area contributed by atoms with Gasteiger partial charge in [0.1, 0.15) is 11.5 Å². The number of halogens is 1. The van der Waals surface area contributed by atoms with Gasteiger partial charge in [-0.15, -0.1) is 11.3 Å². The van der Waals surface area contributed by atoms with E-state index < -0.39 is 10.0 Å². The monoisotopic (exact) mass is 479 g/mol. The van der Waals surface area contributed by atoms with Crippen LogP contribution in [0.5, 0.6) is 11.5 Å². The number of benzene rings is 2. The van der Waals surface area contributed by atoms with E-state index in [0.29, 0.717) is 5.69 Å². The molecule has 0 aliphatic carbocycles. The number of anilines is 1. The van der Waals surface area contributed by atoms with Crippen LogP contribution in [0.2, 0.25) is 0 Å². The van der Waals surface area contributed by atoms with Crippen LogP contribution < -0.4 is 14.2 Å². The zero-order valence-corrected chi connectivity index (χ0v) is 18.7. The number of methoxy groups -OCH3 is 1. The molecule has 0 radical (unpaired) electrons. The molecule has 1 N–H and O–H groups in total. The van der Waals surface area contributed by atoms with Gasteiger partial charge in [-0.1, -0.05) is 12.1 Å². The average molecular weight is 480 g/mol. The van der Waals surface area contributed by atoms with Gasteiger partial charge in [0, 0.05) is 11.3 Å². The first-order valence-electron chi connectivity index (χ1n) is 8.48. The van der Waals surface area contributed by atoms with Crippen molar-refractivity contribution >= 4 is 43.0 Å². The van der Waals surface area contributed by atoms with Crippen LogP contribution in [0.1, 0.15) is 22.1 Å². The van der Waals surface area contributed by atoms with Gasteiger partial charge in [0.25, 0.3) is 0 Å². The predicted molar refractivity (Wildman–Crippen MR) is 116 cm³/mol. The highest BCUT2D eigenvalue weighted by Gasteiger charge is 2.31. The molecule has 0 spiro atoms. The molecule has 2 aromatic carbocycles. The lowest BCUT2D eigenvalue weighted by atomic mass is 9.90. The summed E-state index contributed by atoms with van der Waals surface area (Å²) in [6.07, 6.45) is 0.797. The summed E-state index contributed by atoms with van der Waals surface area (Å²) in [5, 5.41) is 0. The fraction of sp³-hybridized carbons (Fsp3) is 0.200. The topological polar surface area (TPSA) is 64.6 Å². The van der Waals surface area contributed by atoms with E-state index in [2.05, 4.69) is 20.7 Å². The van der Waals surface area contributed by atoms with Gasteiger partial charge >= 0.3 is 0 Å². The maximum absolute atomic E-state index is 11.7. The molecule has 0 amide bonds. The van der Waals surface area contributed by atoms with E-state index in [4.69, 9.17) is 9.47 Å². The Morgan fingerprint density at radius 1 is 1.18 bits per heavy atom. The van der Waals surface area contributed by atoms with Crippen LogP contribution in [-0.4, -0.2) is 21.8 Å². The zero-order valence-electron chi connectivity index (χ0n) is 15.4. The summed E-state index contributed by atoms with van der Waals surface area (Å²) in [5.74, 6) is 1.50. The van der Waals surface area contributed by atoms with Gasteiger partial charge in [-0.3, -0.25) is 4.72 Å². The minimum atomic E-state index is -3.38. The van der Waals surface area contributed by atoms with Crippen molar-refractivity contribution < 1.29 is 17.9 Å². The molecule has 1 aliphatic heterocycles. The normalized spacial score (nSPS) is 15.4. The lowest BCUT2D eigenvalue weighted by molar-refractivity contribution is 0.246. The van der Waals surface area contributed by atoms with Crippen LogP contribution in [0, 0.1) is 6.92 Å². The largest absolute Gasteiger partial charge is 0.496 e. The molecule has 0 saturated heterocycles. The summed E-state index contributed by atoms with van der Waals surface area (Å²) in [4.78, 5) is 1.02. The fourth-order valence-electron chi connectivity index (χ4n) is 3.44. The number of rotatable bonds is 4. The molecule has 5 nitrogen and oxygen atoms in total. The molecule has 1 unspecified atom stereocenters. The van der Waals surface area contributed by atoms with E-state index in [-0.39, 0.29) is 6.10 Å². The van der Waals surface area contributed by atoms with Crippen molar-refractivity contribution in [3.05, 3.63) is 62.3 Å². The van der Waals surface area contributed by atoms with Crippen LogP contribution in [0.15, 0.2) is 46.3 Å². The Morgan fingerprint density at radius 3 is 2.61 bits per heavy atom. The quantitative estimate of drug-likeness (QED) is 0.547. The second-order valence-electron chi connectivity index (χ2n) is 6.60. The number of aryl methyl sites for hydroxylation is 1. The van der Waals surface area contributed by atoms with Gasteiger partial charge in [0.05, 0.1) is 27.6 Å². The average Bonchev–Trinajstić information content (AvgIpc) is 3.05. The fourth-order valence-corrected chi connectivity index (χ4v) is 5.47. The van der Waals surface area contributed by atoms with Crippen molar-refractivity contribution in [2.24, 2.45) is 0 Å². The zero-order chi connectivity index (χ0) is 20.1. The van der Waals surface area contributed by atoms with E-state index in [0.717, 1.165) is 48.7 Å². The Morgan fingerprint density at radius 2 is 1.96 bits per heavy atom. The van der Waals surface area contributed by atoms with Crippen LogP contribution in [-0.2, 0) is 10.0 Å². The summed E-state index contributed by atoms with van der Waals surface area (Å²) in [7, 11) is -1.74. The molecule has 8 heteroatoms. The molecule has 28 heavy (non-hydrogen) atoms. The summed E-state index contributed by atoms with van der Waals surface area (Å²) in [6, 6.07) is 13.4. The van der Waals surface area contributed by atoms with Crippen LogP contribution in [0.3, 0.4) is 0 Å². The molecule has 146 valence electrons. The second-order valence-corrected chi connectivity index (χ2v) is 10.8. The highest BCUT2D eigenvalue weighted by Crippen LogP contribution is 2.51. The Hall–Kier alpha value is -2.03. The standard InChI is InChI=1S/C20H18BrNO4S2/c1-11-4-7-15-18(19(11)25-2)13-6-5-12(22-28(3,23)24)10-14(13)20(26-15)16-8-9-17(21)27-16/h4-10,20,22H,1-3H3. The maximum atomic E-state index is 11.7. The smallest absolute Gasteiger partial charge is 0.229 e. The van der Waals surface area contributed by atoms with E-state index in [1.54, 1.807) is 24.5 Å². The van der Waals surface area contributed by atoms with Crippen molar-refractivity contribution in [1.29, 1.82) is 0 Å². The number of sulfonamides is 1. The summed E-state index contributed by atoms with van der Waals surface area (Å²) in [5.41, 5.74) is 4.25. The van der Waals surface area contributed by atoms with E-state index >= 15 is 0 Å². The van der Waals surface area contributed by atoms with Crippen molar-refractivity contribution in [2.45, 2.75) is 13.0 Å². The summed E-state index contributed by atoms with van der Waals surface area (Å²) < 4.78 is 39.0. The molecular formula is C20H18BrNO4S2. The number of fused-ring (bicyclic) bond motifs is 3. The minimum absolute atomic E-state index is 0.340. The molecule has 1 atom stereocenters. The van der Waals surface area contributed by atoms with Crippen LogP contribution >= 0.6 is 27.3 Å². The third kappa shape index (κ3) is 3.52. The number of nitrogens with one attached hydrogen (secondary N) is 1. The molecule has 0 fully saturated rings. The lowest BCUT2D eigenvalue weighted by Crippen LogP contribution is -2.16. The molecular weight excluding hydrogens is 462 g/mol.